The summed E-state index contributed by atoms with van der Waals surface area (Å²) in [5.74, 6) is -0.484. The number of carbonyl (C=O) groups excluding carboxylic acids is 1. The average molecular weight is 383 g/mol. The number of benzene rings is 2. The molecule has 3 rings (SSSR count). The Bertz CT molecular complexity index is 1100. The lowest BCUT2D eigenvalue weighted by molar-refractivity contribution is 0.0949. The van der Waals surface area contributed by atoms with Gasteiger partial charge in [0.2, 0.25) is 0 Å². The van der Waals surface area contributed by atoms with Gasteiger partial charge in [0.1, 0.15) is 0 Å². The number of rotatable bonds is 4. The first-order valence-corrected chi connectivity index (χ1v) is 8.88. The monoisotopic (exact) mass is 382 g/mol. The van der Waals surface area contributed by atoms with Gasteiger partial charge < -0.3 is 0 Å². The number of carbonyl (C=O) groups is 1. The van der Waals surface area contributed by atoms with Crippen molar-refractivity contribution in [3.05, 3.63) is 75.2 Å². The van der Waals surface area contributed by atoms with E-state index < -0.39 is 5.91 Å². The van der Waals surface area contributed by atoms with Gasteiger partial charge in [0.25, 0.3) is 11.5 Å². The van der Waals surface area contributed by atoms with Gasteiger partial charge >= 0.3 is 0 Å². The fourth-order valence-corrected chi connectivity index (χ4v) is 2.88. The van der Waals surface area contributed by atoms with Gasteiger partial charge in [-0.3, -0.25) is 9.59 Å². The predicted molar refractivity (Wildman–Crippen MR) is 108 cm³/mol. The molecule has 1 heterocycles. The number of amides is 1. The molecule has 0 fully saturated rings. The Hall–Kier alpha value is -2.99. The second-order valence-electron chi connectivity index (χ2n) is 6.39. The molecule has 0 unspecified atom stereocenters. The van der Waals surface area contributed by atoms with Crippen molar-refractivity contribution >= 4 is 34.0 Å². The molecule has 3 aromatic rings. The molecule has 1 aromatic heterocycles. The molecule has 0 bridgehead atoms. The van der Waals surface area contributed by atoms with E-state index in [4.69, 9.17) is 11.6 Å². The summed E-state index contributed by atoms with van der Waals surface area (Å²) in [5, 5.41) is 9.94. The molecular formula is C20H19ClN4O2. The number of nitrogens with one attached hydrogen (secondary N) is 1. The number of aromatic nitrogens is 2. The lowest BCUT2D eigenvalue weighted by Crippen LogP contribution is -2.30. The third kappa shape index (κ3) is 3.90. The van der Waals surface area contributed by atoms with E-state index in [1.807, 2.05) is 26.0 Å². The number of hydrazone groups is 1. The van der Waals surface area contributed by atoms with Crippen molar-refractivity contribution in [1.82, 2.24) is 15.2 Å². The number of hydrogen-bond donors (Lipinski definition) is 1. The SMILES string of the molecule is C/C(=N/NC(=O)c1nn(C(C)C)c(=O)c2ccccc12)c1cccc(Cl)c1. The zero-order valence-electron chi connectivity index (χ0n) is 15.2. The molecule has 6 nitrogen and oxygen atoms in total. The molecule has 27 heavy (non-hydrogen) atoms. The highest BCUT2D eigenvalue weighted by Gasteiger charge is 2.17. The van der Waals surface area contributed by atoms with Gasteiger partial charge in [-0.2, -0.15) is 10.2 Å². The summed E-state index contributed by atoms with van der Waals surface area (Å²) >= 11 is 5.99. The van der Waals surface area contributed by atoms with Crippen LogP contribution in [0.3, 0.4) is 0 Å². The second-order valence-corrected chi connectivity index (χ2v) is 6.82. The average Bonchev–Trinajstić information content (AvgIpc) is 2.66. The molecule has 1 N–H and O–H groups in total. The molecule has 0 aliphatic heterocycles. The number of fused-ring (bicyclic) bond motifs is 1. The van der Waals surface area contributed by atoms with Crippen LogP contribution in [0.2, 0.25) is 5.02 Å². The van der Waals surface area contributed by atoms with Crippen LogP contribution in [-0.4, -0.2) is 21.4 Å². The Morgan fingerprint density at radius 3 is 2.52 bits per heavy atom. The topological polar surface area (TPSA) is 76.3 Å². The maximum atomic E-state index is 12.7. The van der Waals surface area contributed by atoms with Crippen LogP contribution in [0.15, 0.2) is 58.4 Å². The minimum atomic E-state index is -0.484. The highest BCUT2D eigenvalue weighted by atomic mass is 35.5. The maximum Gasteiger partial charge on any atom is 0.292 e. The van der Waals surface area contributed by atoms with Crippen LogP contribution >= 0.6 is 11.6 Å². The number of nitrogens with zero attached hydrogens (tertiary/aromatic N) is 3. The van der Waals surface area contributed by atoms with Crippen LogP contribution in [0.1, 0.15) is 42.9 Å². The standard InChI is InChI=1S/C20H19ClN4O2/c1-12(2)25-20(27)17-10-5-4-9-16(17)18(24-25)19(26)23-22-13(3)14-7-6-8-15(21)11-14/h4-12H,1-3H3,(H,23,26)/b22-13-. The summed E-state index contributed by atoms with van der Waals surface area (Å²) in [6, 6.07) is 13.9. The molecule has 2 aromatic carbocycles. The Morgan fingerprint density at radius 1 is 1.15 bits per heavy atom. The van der Waals surface area contributed by atoms with Crippen molar-refractivity contribution in [3.63, 3.8) is 0 Å². The molecule has 0 aliphatic rings. The van der Waals surface area contributed by atoms with E-state index in [0.717, 1.165) is 5.56 Å². The zero-order valence-corrected chi connectivity index (χ0v) is 16.0. The summed E-state index contributed by atoms with van der Waals surface area (Å²) in [7, 11) is 0. The minimum absolute atomic E-state index is 0.154. The summed E-state index contributed by atoms with van der Waals surface area (Å²) in [6.45, 7) is 5.45. The molecule has 0 atom stereocenters. The lowest BCUT2D eigenvalue weighted by Gasteiger charge is -2.12. The fourth-order valence-electron chi connectivity index (χ4n) is 2.69. The van der Waals surface area contributed by atoms with E-state index in [1.165, 1.54) is 4.68 Å². The highest BCUT2D eigenvalue weighted by molar-refractivity contribution is 6.31. The second kappa shape index (κ2) is 7.72. The number of hydrogen-bond acceptors (Lipinski definition) is 4. The van der Waals surface area contributed by atoms with Gasteiger partial charge in [0, 0.05) is 10.4 Å². The number of halogens is 1. The van der Waals surface area contributed by atoms with Crippen molar-refractivity contribution in [2.24, 2.45) is 5.10 Å². The van der Waals surface area contributed by atoms with Crippen LogP contribution < -0.4 is 11.0 Å². The quantitative estimate of drug-likeness (QED) is 0.551. The van der Waals surface area contributed by atoms with E-state index in [1.54, 1.807) is 43.3 Å². The Kier molecular flexibility index (Phi) is 5.37. The molecule has 0 saturated carbocycles. The summed E-state index contributed by atoms with van der Waals surface area (Å²) in [4.78, 5) is 25.3. The van der Waals surface area contributed by atoms with Crippen molar-refractivity contribution in [2.75, 3.05) is 0 Å². The smallest absolute Gasteiger partial charge is 0.267 e. The van der Waals surface area contributed by atoms with E-state index in [-0.39, 0.29) is 17.3 Å². The van der Waals surface area contributed by atoms with Crippen molar-refractivity contribution in [2.45, 2.75) is 26.8 Å². The summed E-state index contributed by atoms with van der Waals surface area (Å²) in [5.41, 5.74) is 3.85. The first kappa shape index (κ1) is 18.8. The van der Waals surface area contributed by atoms with Gasteiger partial charge in [-0.25, -0.2) is 10.1 Å². The Morgan fingerprint density at radius 2 is 1.85 bits per heavy atom. The first-order chi connectivity index (χ1) is 12.9. The van der Waals surface area contributed by atoms with Gasteiger partial charge in [-0.15, -0.1) is 0 Å². The zero-order chi connectivity index (χ0) is 19.6. The van der Waals surface area contributed by atoms with Gasteiger partial charge in [-0.05, 0) is 44.5 Å². The molecule has 0 spiro atoms. The molecule has 7 heteroatoms. The van der Waals surface area contributed by atoms with E-state index in [0.29, 0.717) is 21.5 Å². The van der Waals surface area contributed by atoms with Crippen molar-refractivity contribution in [3.8, 4) is 0 Å². The van der Waals surface area contributed by atoms with Crippen molar-refractivity contribution in [1.29, 1.82) is 0 Å². The summed E-state index contributed by atoms with van der Waals surface area (Å²) < 4.78 is 1.31. The summed E-state index contributed by atoms with van der Waals surface area (Å²) in [6.07, 6.45) is 0. The third-order valence-electron chi connectivity index (χ3n) is 4.10. The third-order valence-corrected chi connectivity index (χ3v) is 4.34. The largest absolute Gasteiger partial charge is 0.292 e. The van der Waals surface area contributed by atoms with Crippen LogP contribution in [0.4, 0.5) is 0 Å². The van der Waals surface area contributed by atoms with Crippen LogP contribution in [0, 0.1) is 0 Å². The predicted octanol–water partition coefficient (Wildman–Crippen LogP) is 3.78. The van der Waals surface area contributed by atoms with E-state index >= 15 is 0 Å². The molecular weight excluding hydrogens is 364 g/mol. The lowest BCUT2D eigenvalue weighted by atomic mass is 10.1. The molecule has 138 valence electrons. The van der Waals surface area contributed by atoms with Crippen molar-refractivity contribution < 1.29 is 4.79 Å². The fraction of sp³-hybridized carbons (Fsp3) is 0.200. The van der Waals surface area contributed by atoms with Gasteiger partial charge in [0.15, 0.2) is 5.69 Å². The van der Waals surface area contributed by atoms with Gasteiger partial charge in [-0.1, -0.05) is 41.9 Å². The molecule has 0 aliphatic carbocycles. The normalized spacial score (nSPS) is 11.8. The molecule has 0 radical (unpaired) electrons. The Balaban J connectivity index is 1.99. The molecule has 0 saturated heterocycles. The molecule has 1 amide bonds. The van der Waals surface area contributed by atoms with Crippen LogP contribution in [-0.2, 0) is 0 Å². The Labute approximate surface area is 161 Å². The maximum absolute atomic E-state index is 12.7. The van der Waals surface area contributed by atoms with E-state index in [2.05, 4.69) is 15.6 Å². The first-order valence-electron chi connectivity index (χ1n) is 8.50. The van der Waals surface area contributed by atoms with Gasteiger partial charge in [0.05, 0.1) is 17.1 Å². The van der Waals surface area contributed by atoms with Crippen LogP contribution in [0.25, 0.3) is 10.8 Å². The minimum Gasteiger partial charge on any atom is -0.267 e. The highest BCUT2D eigenvalue weighted by Crippen LogP contribution is 2.15. The van der Waals surface area contributed by atoms with E-state index in [9.17, 15) is 9.59 Å². The van der Waals surface area contributed by atoms with Crippen LogP contribution in [0.5, 0.6) is 0 Å².